The van der Waals surface area contributed by atoms with Crippen molar-refractivity contribution in [3.63, 3.8) is 0 Å². The van der Waals surface area contributed by atoms with E-state index in [2.05, 4.69) is 42.6 Å². The van der Waals surface area contributed by atoms with Gasteiger partial charge in [0, 0.05) is 12.6 Å². The Labute approximate surface area is 86.5 Å². The minimum atomic E-state index is 0.421. The van der Waals surface area contributed by atoms with Gasteiger partial charge in [-0.15, -0.1) is 0 Å². The molecule has 0 spiro atoms. The fourth-order valence-corrected chi connectivity index (χ4v) is 1.68. The molecule has 0 saturated carbocycles. The number of hydrogen-bond donors (Lipinski definition) is 2. The molecular weight excluding hydrogens is 172 g/mol. The van der Waals surface area contributed by atoms with Crippen molar-refractivity contribution >= 4 is 0 Å². The van der Waals surface area contributed by atoms with Crippen molar-refractivity contribution in [3.05, 3.63) is 35.9 Å². The monoisotopic (exact) mass is 192 g/mol. The number of benzene rings is 1. The van der Waals surface area contributed by atoms with E-state index in [9.17, 15) is 0 Å². The topological polar surface area (TPSA) is 38.0 Å². The molecule has 78 valence electrons. The minimum absolute atomic E-state index is 0.421. The van der Waals surface area contributed by atoms with Gasteiger partial charge in [0.15, 0.2) is 0 Å². The van der Waals surface area contributed by atoms with Crippen LogP contribution >= 0.6 is 0 Å². The van der Waals surface area contributed by atoms with Gasteiger partial charge in [0.1, 0.15) is 0 Å². The molecule has 0 amide bonds. The standard InChI is InChI=1S/C12H20N2/c1-10(8-12(9-13)14-2)11-6-4-3-5-7-11/h3-7,10,12,14H,8-9,13H2,1-2H3. The summed E-state index contributed by atoms with van der Waals surface area (Å²) < 4.78 is 0. The Hall–Kier alpha value is -0.860. The highest BCUT2D eigenvalue weighted by molar-refractivity contribution is 5.18. The third kappa shape index (κ3) is 3.13. The second-order valence-electron chi connectivity index (χ2n) is 3.77. The van der Waals surface area contributed by atoms with Crippen LogP contribution in [0.2, 0.25) is 0 Å². The summed E-state index contributed by atoms with van der Waals surface area (Å²) in [5.74, 6) is 0.567. The molecule has 3 N–H and O–H groups in total. The summed E-state index contributed by atoms with van der Waals surface area (Å²) in [6, 6.07) is 11.0. The van der Waals surface area contributed by atoms with Crippen LogP contribution in [0, 0.1) is 0 Å². The highest BCUT2D eigenvalue weighted by Gasteiger charge is 2.10. The normalized spacial score (nSPS) is 15.1. The Morgan fingerprint density at radius 1 is 1.29 bits per heavy atom. The van der Waals surface area contributed by atoms with E-state index >= 15 is 0 Å². The molecule has 1 aromatic rings. The van der Waals surface area contributed by atoms with Crippen molar-refractivity contribution < 1.29 is 0 Å². The number of nitrogens with one attached hydrogen (secondary N) is 1. The molecule has 2 unspecified atom stereocenters. The molecule has 0 aromatic heterocycles. The van der Waals surface area contributed by atoms with Crippen LogP contribution < -0.4 is 11.1 Å². The van der Waals surface area contributed by atoms with Gasteiger partial charge >= 0.3 is 0 Å². The van der Waals surface area contributed by atoms with Gasteiger partial charge in [-0.2, -0.15) is 0 Å². The SMILES string of the molecule is CNC(CN)CC(C)c1ccccc1. The molecule has 0 radical (unpaired) electrons. The van der Waals surface area contributed by atoms with Crippen LogP contribution in [0.5, 0.6) is 0 Å². The van der Waals surface area contributed by atoms with Gasteiger partial charge < -0.3 is 11.1 Å². The van der Waals surface area contributed by atoms with Crippen molar-refractivity contribution in [1.82, 2.24) is 5.32 Å². The number of nitrogens with two attached hydrogens (primary N) is 1. The third-order valence-electron chi connectivity index (χ3n) is 2.70. The molecule has 2 heteroatoms. The van der Waals surface area contributed by atoms with Crippen molar-refractivity contribution in [1.29, 1.82) is 0 Å². The predicted octanol–water partition coefficient (Wildman–Crippen LogP) is 1.73. The van der Waals surface area contributed by atoms with Crippen LogP contribution in [0.1, 0.15) is 24.8 Å². The van der Waals surface area contributed by atoms with E-state index in [1.807, 2.05) is 7.05 Å². The average molecular weight is 192 g/mol. The first kappa shape index (κ1) is 11.2. The summed E-state index contributed by atoms with van der Waals surface area (Å²) in [4.78, 5) is 0. The van der Waals surface area contributed by atoms with E-state index in [-0.39, 0.29) is 0 Å². The molecule has 0 aliphatic rings. The maximum absolute atomic E-state index is 5.65. The lowest BCUT2D eigenvalue weighted by Crippen LogP contribution is -2.34. The van der Waals surface area contributed by atoms with Crippen molar-refractivity contribution in [3.8, 4) is 0 Å². The summed E-state index contributed by atoms with van der Waals surface area (Å²) >= 11 is 0. The van der Waals surface area contributed by atoms with Gasteiger partial charge in [0.25, 0.3) is 0 Å². The van der Waals surface area contributed by atoms with Gasteiger partial charge in [-0.25, -0.2) is 0 Å². The highest BCUT2D eigenvalue weighted by Crippen LogP contribution is 2.19. The molecular formula is C12H20N2. The molecule has 1 aromatic carbocycles. The summed E-state index contributed by atoms with van der Waals surface area (Å²) in [6.45, 7) is 2.95. The summed E-state index contributed by atoms with van der Waals surface area (Å²) in [5, 5.41) is 3.23. The zero-order chi connectivity index (χ0) is 10.4. The van der Waals surface area contributed by atoms with Crippen LogP contribution in [-0.2, 0) is 0 Å². The Kier molecular flexibility index (Phi) is 4.63. The van der Waals surface area contributed by atoms with Crippen molar-refractivity contribution in [2.45, 2.75) is 25.3 Å². The first-order valence-corrected chi connectivity index (χ1v) is 5.20. The largest absolute Gasteiger partial charge is 0.329 e. The summed E-state index contributed by atoms with van der Waals surface area (Å²) in [7, 11) is 1.97. The molecule has 2 nitrogen and oxygen atoms in total. The lowest BCUT2D eigenvalue weighted by atomic mass is 9.94. The summed E-state index contributed by atoms with van der Waals surface area (Å²) in [5.41, 5.74) is 7.04. The van der Waals surface area contributed by atoms with E-state index in [1.165, 1.54) is 5.56 Å². The minimum Gasteiger partial charge on any atom is -0.329 e. The number of rotatable bonds is 5. The van der Waals surface area contributed by atoms with Gasteiger partial charge in [0.05, 0.1) is 0 Å². The third-order valence-corrected chi connectivity index (χ3v) is 2.70. The van der Waals surface area contributed by atoms with Crippen LogP contribution in [0.4, 0.5) is 0 Å². The number of hydrogen-bond acceptors (Lipinski definition) is 2. The van der Waals surface area contributed by atoms with Gasteiger partial charge in [-0.3, -0.25) is 0 Å². The fourth-order valence-electron chi connectivity index (χ4n) is 1.68. The zero-order valence-corrected chi connectivity index (χ0v) is 9.03. The van der Waals surface area contributed by atoms with Crippen LogP contribution in [0.3, 0.4) is 0 Å². The molecule has 0 aliphatic carbocycles. The Morgan fingerprint density at radius 3 is 2.43 bits per heavy atom. The molecule has 0 bridgehead atoms. The van der Waals surface area contributed by atoms with Gasteiger partial charge in [-0.1, -0.05) is 37.3 Å². The fraction of sp³-hybridized carbons (Fsp3) is 0.500. The van der Waals surface area contributed by atoms with E-state index in [4.69, 9.17) is 5.73 Å². The van der Waals surface area contributed by atoms with E-state index in [0.717, 1.165) is 6.42 Å². The van der Waals surface area contributed by atoms with Gasteiger partial charge in [-0.05, 0) is 24.9 Å². The zero-order valence-electron chi connectivity index (χ0n) is 9.03. The Balaban J connectivity index is 2.54. The molecule has 0 saturated heterocycles. The van der Waals surface area contributed by atoms with E-state index < -0.39 is 0 Å². The Bertz CT molecular complexity index is 242. The average Bonchev–Trinajstić information content (AvgIpc) is 2.26. The summed E-state index contributed by atoms with van der Waals surface area (Å²) in [6.07, 6.45) is 1.09. The van der Waals surface area contributed by atoms with Crippen molar-refractivity contribution in [2.24, 2.45) is 5.73 Å². The first-order valence-electron chi connectivity index (χ1n) is 5.20. The van der Waals surface area contributed by atoms with Crippen LogP contribution in [-0.4, -0.2) is 19.6 Å². The quantitative estimate of drug-likeness (QED) is 0.745. The smallest absolute Gasteiger partial charge is 0.0192 e. The maximum atomic E-state index is 5.65. The lowest BCUT2D eigenvalue weighted by Gasteiger charge is -2.19. The van der Waals surface area contributed by atoms with E-state index in [1.54, 1.807) is 0 Å². The molecule has 0 heterocycles. The van der Waals surface area contributed by atoms with E-state index in [0.29, 0.717) is 18.5 Å². The molecule has 2 atom stereocenters. The molecule has 0 aliphatic heterocycles. The lowest BCUT2D eigenvalue weighted by molar-refractivity contribution is 0.490. The highest BCUT2D eigenvalue weighted by atomic mass is 14.9. The first-order chi connectivity index (χ1) is 6.77. The van der Waals surface area contributed by atoms with Crippen LogP contribution in [0.15, 0.2) is 30.3 Å². The Morgan fingerprint density at radius 2 is 1.93 bits per heavy atom. The molecule has 14 heavy (non-hydrogen) atoms. The van der Waals surface area contributed by atoms with Crippen LogP contribution in [0.25, 0.3) is 0 Å². The van der Waals surface area contributed by atoms with Gasteiger partial charge in [0.2, 0.25) is 0 Å². The predicted molar refractivity (Wildman–Crippen MR) is 61.4 cm³/mol. The van der Waals surface area contributed by atoms with Crippen molar-refractivity contribution in [2.75, 3.05) is 13.6 Å². The maximum Gasteiger partial charge on any atom is 0.0192 e. The number of likely N-dealkylation sites (N-methyl/N-ethyl adjacent to an activating group) is 1. The second-order valence-corrected chi connectivity index (χ2v) is 3.77. The molecule has 0 fully saturated rings. The second kappa shape index (κ2) is 5.78. The molecule has 1 rings (SSSR count).